The van der Waals surface area contributed by atoms with E-state index in [4.69, 9.17) is 11.6 Å². The Morgan fingerprint density at radius 3 is 2.17 bits per heavy atom. The van der Waals surface area contributed by atoms with Crippen LogP contribution in [-0.4, -0.2) is 11.2 Å². The fourth-order valence-electron chi connectivity index (χ4n) is 1.03. The van der Waals surface area contributed by atoms with Gasteiger partial charge in [0.1, 0.15) is 0 Å². The Bertz CT molecular complexity index is 241. The molecule has 0 saturated heterocycles. The topological polar surface area (TPSA) is 20.2 Å². The van der Waals surface area contributed by atoms with Crippen LogP contribution in [0.25, 0.3) is 0 Å². The largest absolute Gasteiger partial charge is 0.392 e. The van der Waals surface area contributed by atoms with Crippen LogP contribution in [0.1, 0.15) is 23.4 Å². The molecule has 0 fully saturated rings. The van der Waals surface area contributed by atoms with Gasteiger partial charge in [0.15, 0.2) is 0 Å². The summed E-state index contributed by atoms with van der Waals surface area (Å²) >= 11 is 5.94. The maximum absolute atomic E-state index is 9.21. The summed E-state index contributed by atoms with van der Waals surface area (Å²) in [7, 11) is 0. The van der Waals surface area contributed by atoms with Crippen molar-refractivity contribution in [3.8, 4) is 0 Å². The lowest BCUT2D eigenvalue weighted by Gasteiger charge is -2.12. The zero-order chi connectivity index (χ0) is 9.14. The predicted octanol–water partition coefficient (Wildman–Crippen LogP) is 2.66. The molecule has 66 valence electrons. The average Bonchev–Trinajstić information content (AvgIpc) is 2.04. The normalized spacial score (nSPS) is 15.7. The van der Waals surface area contributed by atoms with Crippen molar-refractivity contribution in [1.29, 1.82) is 0 Å². The highest BCUT2D eigenvalue weighted by atomic mass is 35.5. The molecule has 2 heteroatoms. The summed E-state index contributed by atoms with van der Waals surface area (Å²) in [6.45, 7) is 3.72. The third kappa shape index (κ3) is 2.23. The first-order chi connectivity index (χ1) is 5.61. The Morgan fingerprint density at radius 1 is 1.25 bits per heavy atom. The number of halogens is 1. The molecule has 0 saturated carbocycles. The van der Waals surface area contributed by atoms with Gasteiger partial charge in [0, 0.05) is 0 Å². The Balaban J connectivity index is 2.82. The van der Waals surface area contributed by atoms with Crippen molar-refractivity contribution in [2.75, 3.05) is 0 Å². The van der Waals surface area contributed by atoms with Crippen molar-refractivity contribution in [3.63, 3.8) is 0 Å². The van der Waals surface area contributed by atoms with E-state index in [1.807, 2.05) is 31.2 Å². The molecule has 1 nitrogen and oxygen atoms in total. The van der Waals surface area contributed by atoms with Gasteiger partial charge in [-0.05, 0) is 19.4 Å². The maximum atomic E-state index is 9.21. The summed E-state index contributed by atoms with van der Waals surface area (Å²) < 4.78 is 0. The minimum absolute atomic E-state index is 0.300. The third-order valence-corrected chi connectivity index (χ3v) is 2.44. The van der Waals surface area contributed by atoms with Crippen LogP contribution < -0.4 is 0 Å². The van der Waals surface area contributed by atoms with Crippen LogP contribution in [0.5, 0.6) is 0 Å². The quantitative estimate of drug-likeness (QED) is 0.701. The first-order valence-electron chi connectivity index (χ1n) is 4.00. The predicted molar refractivity (Wildman–Crippen MR) is 51.5 cm³/mol. The van der Waals surface area contributed by atoms with Gasteiger partial charge < -0.3 is 5.11 Å². The van der Waals surface area contributed by atoms with Gasteiger partial charge in [0.2, 0.25) is 0 Å². The van der Waals surface area contributed by atoms with Crippen molar-refractivity contribution in [2.24, 2.45) is 0 Å². The van der Waals surface area contributed by atoms with Gasteiger partial charge in [0.25, 0.3) is 0 Å². The van der Waals surface area contributed by atoms with E-state index < -0.39 is 6.10 Å². The van der Waals surface area contributed by atoms with Crippen LogP contribution in [0.4, 0.5) is 0 Å². The molecule has 0 radical (unpaired) electrons. The minimum Gasteiger partial charge on any atom is -0.392 e. The second kappa shape index (κ2) is 3.92. The molecule has 0 spiro atoms. The highest BCUT2D eigenvalue weighted by Gasteiger charge is 2.12. The first-order valence-corrected chi connectivity index (χ1v) is 4.43. The molecule has 0 aromatic heterocycles. The zero-order valence-corrected chi connectivity index (χ0v) is 8.05. The second-order valence-corrected chi connectivity index (χ2v) is 3.52. The monoisotopic (exact) mass is 184 g/mol. The van der Waals surface area contributed by atoms with Crippen molar-refractivity contribution in [1.82, 2.24) is 0 Å². The summed E-state index contributed by atoms with van der Waals surface area (Å²) in [5.74, 6) is 0. The fraction of sp³-hybridized carbons (Fsp3) is 0.400. The molecule has 2 unspecified atom stereocenters. The summed E-state index contributed by atoms with van der Waals surface area (Å²) in [5.41, 5.74) is 2.17. The van der Waals surface area contributed by atoms with E-state index in [1.165, 1.54) is 5.56 Å². The molecule has 0 aliphatic rings. The van der Waals surface area contributed by atoms with E-state index >= 15 is 0 Å². The van der Waals surface area contributed by atoms with Gasteiger partial charge in [0.05, 0.1) is 11.5 Å². The van der Waals surface area contributed by atoms with Crippen LogP contribution in [0.15, 0.2) is 24.3 Å². The smallest absolute Gasteiger partial charge is 0.0841 e. The number of hydrogen-bond donors (Lipinski definition) is 1. The number of rotatable bonds is 2. The molecule has 1 rings (SSSR count). The Morgan fingerprint density at radius 2 is 1.75 bits per heavy atom. The van der Waals surface area contributed by atoms with Gasteiger partial charge >= 0.3 is 0 Å². The third-order valence-electron chi connectivity index (χ3n) is 1.82. The first kappa shape index (κ1) is 9.56. The molecule has 0 bridgehead atoms. The highest BCUT2D eigenvalue weighted by Crippen LogP contribution is 2.23. The summed E-state index contributed by atoms with van der Waals surface area (Å²) in [5, 5.41) is 8.91. The maximum Gasteiger partial charge on any atom is 0.0841 e. The standard InChI is InChI=1S/C10H13ClO/c1-7-3-5-9(6-4-7)10(11)8(2)12/h3-6,8,10,12H,1-2H3. The minimum atomic E-state index is -0.505. The van der Waals surface area contributed by atoms with Gasteiger partial charge in [-0.3, -0.25) is 0 Å². The van der Waals surface area contributed by atoms with Crippen LogP contribution in [0.3, 0.4) is 0 Å². The summed E-state index contributed by atoms with van der Waals surface area (Å²) in [6.07, 6.45) is -0.505. The van der Waals surface area contributed by atoms with E-state index in [9.17, 15) is 5.11 Å². The lowest BCUT2D eigenvalue weighted by atomic mass is 10.1. The molecule has 12 heavy (non-hydrogen) atoms. The van der Waals surface area contributed by atoms with Gasteiger partial charge in [-0.2, -0.15) is 0 Å². The SMILES string of the molecule is Cc1ccc(C(Cl)C(C)O)cc1. The Kier molecular flexibility index (Phi) is 3.12. The molecule has 0 heterocycles. The van der Waals surface area contributed by atoms with Crippen molar-refractivity contribution in [3.05, 3.63) is 35.4 Å². The highest BCUT2D eigenvalue weighted by molar-refractivity contribution is 6.21. The lowest BCUT2D eigenvalue weighted by molar-refractivity contribution is 0.190. The fourth-order valence-corrected chi connectivity index (χ4v) is 1.17. The number of aryl methyl sites for hydroxylation is 1. The molecule has 2 atom stereocenters. The van der Waals surface area contributed by atoms with Gasteiger partial charge in [-0.15, -0.1) is 11.6 Å². The number of hydrogen-bond acceptors (Lipinski definition) is 1. The zero-order valence-electron chi connectivity index (χ0n) is 7.29. The average molecular weight is 185 g/mol. The van der Waals surface area contributed by atoms with Crippen LogP contribution in [0.2, 0.25) is 0 Å². The van der Waals surface area contributed by atoms with Crippen molar-refractivity contribution >= 4 is 11.6 Å². The van der Waals surface area contributed by atoms with Crippen LogP contribution >= 0.6 is 11.6 Å². The van der Waals surface area contributed by atoms with Crippen molar-refractivity contribution < 1.29 is 5.11 Å². The van der Waals surface area contributed by atoms with E-state index in [1.54, 1.807) is 6.92 Å². The molecular formula is C10H13ClO. The van der Waals surface area contributed by atoms with E-state index in [0.717, 1.165) is 5.56 Å². The molecule has 1 N–H and O–H groups in total. The molecule has 0 amide bonds. The number of alkyl halides is 1. The molecule has 0 aliphatic heterocycles. The Labute approximate surface area is 78.0 Å². The van der Waals surface area contributed by atoms with Crippen LogP contribution in [-0.2, 0) is 0 Å². The van der Waals surface area contributed by atoms with E-state index in [0.29, 0.717) is 0 Å². The van der Waals surface area contributed by atoms with E-state index in [-0.39, 0.29) is 5.38 Å². The van der Waals surface area contributed by atoms with E-state index in [2.05, 4.69) is 0 Å². The van der Waals surface area contributed by atoms with Crippen LogP contribution in [0, 0.1) is 6.92 Å². The molecule has 0 aliphatic carbocycles. The summed E-state index contributed by atoms with van der Waals surface area (Å²) in [6, 6.07) is 7.87. The molecular weight excluding hydrogens is 172 g/mol. The summed E-state index contributed by atoms with van der Waals surface area (Å²) in [4.78, 5) is 0. The molecule has 1 aromatic carbocycles. The van der Waals surface area contributed by atoms with Gasteiger partial charge in [-0.1, -0.05) is 29.8 Å². The number of benzene rings is 1. The lowest BCUT2D eigenvalue weighted by Crippen LogP contribution is -2.08. The second-order valence-electron chi connectivity index (χ2n) is 3.05. The Hall–Kier alpha value is -0.530. The van der Waals surface area contributed by atoms with Gasteiger partial charge in [-0.25, -0.2) is 0 Å². The molecule has 1 aromatic rings. The van der Waals surface area contributed by atoms with Crippen molar-refractivity contribution in [2.45, 2.75) is 25.3 Å². The number of aliphatic hydroxyl groups excluding tert-OH is 1. The number of aliphatic hydroxyl groups is 1.